The number of hydrogen-bond acceptors (Lipinski definition) is 4. The van der Waals surface area contributed by atoms with Crippen LogP contribution in [0.1, 0.15) is 24.5 Å². The summed E-state index contributed by atoms with van der Waals surface area (Å²) in [4.78, 5) is 24.9. The zero-order valence-corrected chi connectivity index (χ0v) is 15.7. The maximum Gasteiger partial charge on any atom is 0.330 e. The Morgan fingerprint density at radius 2 is 1.74 bits per heavy atom. The van der Waals surface area contributed by atoms with Crippen LogP contribution in [0.2, 0.25) is 0 Å². The topological polar surface area (TPSA) is 46.6 Å². The first-order valence-electron chi connectivity index (χ1n) is 8.97. The van der Waals surface area contributed by atoms with Gasteiger partial charge in [-0.2, -0.15) is 0 Å². The van der Waals surface area contributed by atoms with Crippen LogP contribution in [0.25, 0.3) is 0 Å². The molecule has 0 N–H and O–H groups in total. The van der Waals surface area contributed by atoms with Crippen molar-refractivity contribution in [3.63, 3.8) is 0 Å². The number of ether oxygens (including phenoxy) is 1. The number of hydrogen-bond donors (Lipinski definition) is 0. The lowest BCUT2D eigenvalue weighted by atomic mass is 10.1. The number of ketones is 1. The molecule has 0 aliphatic carbocycles. The van der Waals surface area contributed by atoms with Crippen molar-refractivity contribution in [2.45, 2.75) is 26.4 Å². The molecule has 0 bridgehead atoms. The third-order valence-electron chi connectivity index (χ3n) is 4.27. The lowest BCUT2D eigenvalue weighted by molar-refractivity contribution is -0.138. The number of aryl methyl sites for hydroxylation is 1. The van der Waals surface area contributed by atoms with Gasteiger partial charge < -0.3 is 9.64 Å². The zero-order valence-electron chi connectivity index (χ0n) is 15.7. The molecule has 2 rings (SSSR count). The molecule has 0 saturated heterocycles. The van der Waals surface area contributed by atoms with Crippen LogP contribution in [0.3, 0.4) is 0 Å². The average Bonchev–Trinajstić information content (AvgIpc) is 2.72. The standard InChI is InChI=1S/C23H25NO3/c1-4-21(25)16-13-18-11-14-20(15-12-18)24(6-3)22-10-8-7-9-19(22)17-27-23(26)5-2/h4-5,7-12,14-15H,1-2,6,13,16-17H2,3H3. The van der Waals surface area contributed by atoms with Gasteiger partial charge in [0.2, 0.25) is 0 Å². The molecule has 0 atom stereocenters. The SMILES string of the molecule is C=CC(=O)CCc1ccc(N(CC)c2ccccc2COC(=O)C=C)cc1. The van der Waals surface area contributed by atoms with Crippen LogP contribution in [0.15, 0.2) is 73.8 Å². The third kappa shape index (κ3) is 5.68. The van der Waals surface area contributed by atoms with Crippen molar-refractivity contribution in [3.8, 4) is 0 Å². The average molecular weight is 363 g/mol. The van der Waals surface area contributed by atoms with Crippen molar-refractivity contribution < 1.29 is 14.3 Å². The van der Waals surface area contributed by atoms with E-state index in [-0.39, 0.29) is 12.4 Å². The molecule has 4 heteroatoms. The number of rotatable bonds is 10. The predicted octanol–water partition coefficient (Wildman–Crippen LogP) is 4.76. The fraction of sp³-hybridized carbons (Fsp3) is 0.217. The Balaban J connectivity index is 2.19. The van der Waals surface area contributed by atoms with Gasteiger partial charge in [-0.15, -0.1) is 0 Å². The van der Waals surface area contributed by atoms with E-state index in [0.717, 1.165) is 35.1 Å². The molecular formula is C23H25NO3. The van der Waals surface area contributed by atoms with E-state index in [1.807, 2.05) is 48.5 Å². The highest BCUT2D eigenvalue weighted by Crippen LogP contribution is 2.29. The third-order valence-corrected chi connectivity index (χ3v) is 4.27. The number of carbonyl (C=O) groups excluding carboxylic acids is 2. The molecule has 0 heterocycles. The predicted molar refractivity (Wildman–Crippen MR) is 109 cm³/mol. The summed E-state index contributed by atoms with van der Waals surface area (Å²) in [5, 5.41) is 0. The summed E-state index contributed by atoms with van der Waals surface area (Å²) in [7, 11) is 0. The summed E-state index contributed by atoms with van der Waals surface area (Å²) in [6.07, 6.45) is 3.70. The second kappa shape index (κ2) is 10.1. The van der Waals surface area contributed by atoms with E-state index in [2.05, 4.69) is 25.0 Å². The highest BCUT2D eigenvalue weighted by Gasteiger charge is 2.13. The fourth-order valence-electron chi connectivity index (χ4n) is 2.81. The minimum atomic E-state index is -0.439. The largest absolute Gasteiger partial charge is 0.458 e. The molecule has 0 saturated carbocycles. The van der Waals surface area contributed by atoms with Gasteiger partial charge in [0.25, 0.3) is 0 Å². The summed E-state index contributed by atoms with van der Waals surface area (Å²) < 4.78 is 5.21. The lowest BCUT2D eigenvalue weighted by Crippen LogP contribution is -2.18. The van der Waals surface area contributed by atoms with Crippen LogP contribution in [-0.4, -0.2) is 18.3 Å². The van der Waals surface area contributed by atoms with Gasteiger partial charge >= 0.3 is 5.97 Å². The van der Waals surface area contributed by atoms with Gasteiger partial charge in [0.1, 0.15) is 6.61 Å². The maximum atomic E-state index is 11.4. The van der Waals surface area contributed by atoms with Gasteiger partial charge in [-0.25, -0.2) is 4.79 Å². The molecule has 0 fully saturated rings. The van der Waals surface area contributed by atoms with E-state index in [0.29, 0.717) is 12.8 Å². The smallest absolute Gasteiger partial charge is 0.330 e. The normalized spacial score (nSPS) is 10.1. The Kier molecular flexibility index (Phi) is 7.56. The molecular weight excluding hydrogens is 338 g/mol. The molecule has 0 unspecified atom stereocenters. The number of carbonyl (C=O) groups is 2. The highest BCUT2D eigenvalue weighted by atomic mass is 16.5. The molecule has 0 aromatic heterocycles. The van der Waals surface area contributed by atoms with E-state index in [1.54, 1.807) is 0 Å². The monoisotopic (exact) mass is 363 g/mol. The summed E-state index contributed by atoms with van der Waals surface area (Å²) in [6, 6.07) is 16.0. The summed E-state index contributed by atoms with van der Waals surface area (Å²) >= 11 is 0. The zero-order chi connectivity index (χ0) is 19.6. The quantitative estimate of drug-likeness (QED) is 0.451. The summed E-state index contributed by atoms with van der Waals surface area (Å²) in [6.45, 7) is 9.95. The van der Waals surface area contributed by atoms with E-state index < -0.39 is 5.97 Å². The van der Waals surface area contributed by atoms with Crippen LogP contribution in [0.5, 0.6) is 0 Å². The van der Waals surface area contributed by atoms with Crippen molar-refractivity contribution in [3.05, 3.63) is 85.0 Å². The van der Waals surface area contributed by atoms with Crippen molar-refractivity contribution in [1.82, 2.24) is 0 Å². The molecule has 0 amide bonds. The number of anilines is 2. The van der Waals surface area contributed by atoms with Gasteiger partial charge in [0.15, 0.2) is 5.78 Å². The Labute approximate surface area is 160 Å². The van der Waals surface area contributed by atoms with E-state index >= 15 is 0 Å². The van der Waals surface area contributed by atoms with Crippen LogP contribution in [-0.2, 0) is 27.4 Å². The number of nitrogens with zero attached hydrogens (tertiary/aromatic N) is 1. The van der Waals surface area contributed by atoms with Crippen molar-refractivity contribution in [1.29, 1.82) is 0 Å². The molecule has 0 spiro atoms. The molecule has 0 aliphatic heterocycles. The van der Waals surface area contributed by atoms with Crippen molar-refractivity contribution in [2.75, 3.05) is 11.4 Å². The molecule has 2 aromatic rings. The van der Waals surface area contributed by atoms with Crippen LogP contribution in [0.4, 0.5) is 11.4 Å². The van der Waals surface area contributed by atoms with Gasteiger partial charge in [-0.1, -0.05) is 43.5 Å². The van der Waals surface area contributed by atoms with E-state index in [9.17, 15) is 9.59 Å². The Bertz CT molecular complexity index is 809. The second-order valence-electron chi connectivity index (χ2n) is 6.02. The van der Waals surface area contributed by atoms with Crippen molar-refractivity contribution >= 4 is 23.1 Å². The maximum absolute atomic E-state index is 11.4. The van der Waals surface area contributed by atoms with Crippen LogP contribution >= 0.6 is 0 Å². The number of allylic oxidation sites excluding steroid dienone is 1. The molecule has 27 heavy (non-hydrogen) atoms. The van der Waals surface area contributed by atoms with E-state index in [4.69, 9.17) is 4.74 Å². The fourth-order valence-corrected chi connectivity index (χ4v) is 2.81. The number of benzene rings is 2. The van der Waals surface area contributed by atoms with Gasteiger partial charge in [-0.05, 0) is 43.2 Å². The Morgan fingerprint density at radius 1 is 1.04 bits per heavy atom. The van der Waals surface area contributed by atoms with Gasteiger partial charge in [-0.3, -0.25) is 4.79 Å². The minimum Gasteiger partial charge on any atom is -0.458 e. The molecule has 0 radical (unpaired) electrons. The summed E-state index contributed by atoms with van der Waals surface area (Å²) in [5.74, 6) is -0.386. The first kappa shape index (κ1) is 20.2. The number of esters is 1. The lowest BCUT2D eigenvalue weighted by Gasteiger charge is -2.26. The second-order valence-corrected chi connectivity index (χ2v) is 6.02. The molecule has 0 aliphatic rings. The van der Waals surface area contributed by atoms with E-state index in [1.165, 1.54) is 6.08 Å². The minimum absolute atomic E-state index is 0.0530. The van der Waals surface area contributed by atoms with Gasteiger partial charge in [0, 0.05) is 36.0 Å². The Hall–Kier alpha value is -3.14. The van der Waals surface area contributed by atoms with Crippen molar-refractivity contribution in [2.24, 2.45) is 0 Å². The van der Waals surface area contributed by atoms with Crippen LogP contribution < -0.4 is 4.90 Å². The van der Waals surface area contributed by atoms with Gasteiger partial charge in [0.05, 0.1) is 0 Å². The summed E-state index contributed by atoms with van der Waals surface area (Å²) in [5.41, 5.74) is 4.07. The molecule has 2 aromatic carbocycles. The first-order chi connectivity index (χ1) is 13.1. The van der Waals surface area contributed by atoms with Crippen LogP contribution in [0, 0.1) is 0 Å². The Morgan fingerprint density at radius 3 is 2.37 bits per heavy atom. The first-order valence-corrected chi connectivity index (χ1v) is 8.97. The molecule has 4 nitrogen and oxygen atoms in total. The highest BCUT2D eigenvalue weighted by molar-refractivity contribution is 5.89. The molecule has 140 valence electrons. The number of para-hydroxylation sites is 1.